The highest BCUT2D eigenvalue weighted by molar-refractivity contribution is 5.91. The van der Waals surface area contributed by atoms with Crippen molar-refractivity contribution in [2.45, 2.75) is 0 Å². The summed E-state index contributed by atoms with van der Waals surface area (Å²) in [6, 6.07) is 10.6. The van der Waals surface area contributed by atoms with Crippen molar-refractivity contribution in [1.82, 2.24) is 5.32 Å². The van der Waals surface area contributed by atoms with E-state index in [0.717, 1.165) is 0 Å². The maximum Gasteiger partial charge on any atom is 0.320 e. The van der Waals surface area contributed by atoms with Gasteiger partial charge in [0, 0.05) is 5.56 Å². The molecule has 2 rings (SSSR count). The van der Waals surface area contributed by atoms with E-state index >= 15 is 0 Å². The maximum atomic E-state index is 12.8. The Morgan fingerprint density at radius 3 is 2.54 bits per heavy atom. The summed E-state index contributed by atoms with van der Waals surface area (Å²) in [6.07, 6.45) is 0. The van der Waals surface area contributed by atoms with Crippen LogP contribution in [0.4, 0.5) is 14.9 Å². The van der Waals surface area contributed by atoms with E-state index < -0.39 is 6.03 Å². The molecule has 0 aliphatic heterocycles. The quantitative estimate of drug-likeness (QED) is 0.848. The van der Waals surface area contributed by atoms with Crippen molar-refractivity contribution >= 4 is 11.7 Å². The van der Waals surface area contributed by atoms with Gasteiger partial charge in [0.1, 0.15) is 5.82 Å². The third-order valence-electron chi connectivity index (χ3n) is 3.07. The number of carbonyl (C=O) groups excluding carboxylic acids is 1. The maximum absolute atomic E-state index is 12.8. The molecule has 0 aliphatic carbocycles. The molecule has 0 heterocycles. The van der Waals surface area contributed by atoms with E-state index in [2.05, 4.69) is 22.5 Å². The highest BCUT2D eigenvalue weighted by Gasteiger charge is 2.11. The fraction of sp³-hybridized carbons (Fsp3) is 0.167. The first-order valence-corrected chi connectivity index (χ1v) is 7.14. The molecular formula is C18H17FN2O3. The van der Waals surface area contributed by atoms with E-state index in [1.54, 1.807) is 30.3 Å². The minimum absolute atomic E-state index is 0.148. The molecule has 24 heavy (non-hydrogen) atoms. The van der Waals surface area contributed by atoms with Gasteiger partial charge in [-0.05, 0) is 36.4 Å². The first-order chi connectivity index (χ1) is 11.6. The fourth-order valence-electron chi connectivity index (χ4n) is 1.96. The summed E-state index contributed by atoms with van der Waals surface area (Å²) in [5.74, 6) is 6.26. The number of ether oxygens (including phenoxy) is 2. The number of hydrogen-bond acceptors (Lipinski definition) is 3. The normalized spacial score (nSPS) is 9.46. The number of rotatable bonds is 4. The number of methoxy groups -OCH3 is 2. The molecule has 2 amide bonds. The van der Waals surface area contributed by atoms with E-state index in [4.69, 9.17) is 9.47 Å². The predicted molar refractivity (Wildman–Crippen MR) is 89.8 cm³/mol. The van der Waals surface area contributed by atoms with Crippen molar-refractivity contribution in [2.75, 3.05) is 26.1 Å². The summed E-state index contributed by atoms with van der Waals surface area (Å²) in [5.41, 5.74) is 1.16. The topological polar surface area (TPSA) is 59.6 Å². The number of carbonyl (C=O) groups is 1. The number of anilines is 1. The predicted octanol–water partition coefficient (Wildman–Crippen LogP) is 3.02. The van der Waals surface area contributed by atoms with E-state index in [9.17, 15) is 9.18 Å². The Morgan fingerprint density at radius 1 is 1.12 bits per heavy atom. The molecule has 0 aromatic heterocycles. The Hall–Kier alpha value is -3.20. The number of hydrogen-bond donors (Lipinski definition) is 2. The number of benzene rings is 2. The molecule has 0 saturated carbocycles. The van der Waals surface area contributed by atoms with Crippen molar-refractivity contribution in [3.8, 4) is 23.3 Å². The minimum Gasteiger partial charge on any atom is -0.493 e. The van der Waals surface area contributed by atoms with Crippen LogP contribution in [0.3, 0.4) is 0 Å². The number of halogens is 1. The molecule has 0 fully saturated rings. The molecule has 0 saturated heterocycles. The molecule has 2 aromatic rings. The van der Waals surface area contributed by atoms with Crippen LogP contribution in [-0.2, 0) is 0 Å². The average molecular weight is 328 g/mol. The smallest absolute Gasteiger partial charge is 0.320 e. The number of urea groups is 1. The van der Waals surface area contributed by atoms with Gasteiger partial charge in [0.15, 0.2) is 11.5 Å². The SMILES string of the molecule is COc1cccc(NC(=O)NCC#Cc2ccc(F)cc2)c1OC. The molecule has 6 heteroatoms. The van der Waals surface area contributed by atoms with Gasteiger partial charge in [-0.15, -0.1) is 0 Å². The zero-order chi connectivity index (χ0) is 17.4. The van der Waals surface area contributed by atoms with Gasteiger partial charge in [-0.3, -0.25) is 0 Å². The molecule has 0 unspecified atom stereocenters. The van der Waals surface area contributed by atoms with Crippen molar-refractivity contribution in [3.63, 3.8) is 0 Å². The van der Waals surface area contributed by atoms with Crippen LogP contribution in [-0.4, -0.2) is 26.8 Å². The average Bonchev–Trinajstić information content (AvgIpc) is 2.60. The summed E-state index contributed by atoms with van der Waals surface area (Å²) in [5, 5.41) is 5.28. The van der Waals surface area contributed by atoms with Crippen molar-refractivity contribution in [2.24, 2.45) is 0 Å². The van der Waals surface area contributed by atoms with E-state index in [1.165, 1.54) is 26.4 Å². The van der Waals surface area contributed by atoms with Crippen LogP contribution in [0.15, 0.2) is 42.5 Å². The third-order valence-corrected chi connectivity index (χ3v) is 3.07. The Bertz CT molecular complexity index is 764. The first-order valence-electron chi connectivity index (χ1n) is 7.14. The number of nitrogens with one attached hydrogen (secondary N) is 2. The lowest BCUT2D eigenvalue weighted by molar-refractivity contribution is 0.253. The second-order valence-corrected chi connectivity index (χ2v) is 4.66. The van der Waals surface area contributed by atoms with Crippen LogP contribution in [0, 0.1) is 17.7 Å². The van der Waals surface area contributed by atoms with Crippen molar-refractivity contribution < 1.29 is 18.7 Å². The summed E-state index contributed by atoms with van der Waals surface area (Å²) in [7, 11) is 3.02. The Morgan fingerprint density at radius 2 is 1.88 bits per heavy atom. The number of para-hydroxylation sites is 1. The van der Waals surface area contributed by atoms with Crippen molar-refractivity contribution in [3.05, 3.63) is 53.8 Å². The summed E-state index contributed by atoms with van der Waals surface area (Å²) < 4.78 is 23.2. The van der Waals surface area contributed by atoms with E-state index in [1.807, 2.05) is 0 Å². The second kappa shape index (κ2) is 8.44. The van der Waals surface area contributed by atoms with Crippen LogP contribution in [0.5, 0.6) is 11.5 Å². The Labute approximate surface area is 139 Å². The first kappa shape index (κ1) is 17.2. The third kappa shape index (κ3) is 4.65. The molecule has 0 atom stereocenters. The number of amides is 2. The van der Waals surface area contributed by atoms with Gasteiger partial charge < -0.3 is 20.1 Å². The zero-order valence-electron chi connectivity index (χ0n) is 13.4. The van der Waals surface area contributed by atoms with Gasteiger partial charge in [-0.25, -0.2) is 9.18 Å². The minimum atomic E-state index is -0.421. The van der Waals surface area contributed by atoms with Gasteiger partial charge in [-0.1, -0.05) is 17.9 Å². The van der Waals surface area contributed by atoms with Gasteiger partial charge in [-0.2, -0.15) is 0 Å². The van der Waals surface area contributed by atoms with Crippen molar-refractivity contribution in [1.29, 1.82) is 0 Å². The zero-order valence-corrected chi connectivity index (χ0v) is 13.4. The molecule has 2 N–H and O–H groups in total. The lowest BCUT2D eigenvalue weighted by atomic mass is 10.2. The summed E-state index contributed by atoms with van der Waals surface area (Å²) in [6.45, 7) is 0.148. The standard InChI is InChI=1S/C18H17FN2O3/c1-23-16-7-3-6-15(17(16)24-2)21-18(22)20-12-4-5-13-8-10-14(19)11-9-13/h3,6-11H,12H2,1-2H3,(H2,20,21,22). The van der Waals surface area contributed by atoms with Gasteiger partial charge >= 0.3 is 6.03 Å². The summed E-state index contributed by atoms with van der Waals surface area (Å²) >= 11 is 0. The Balaban J connectivity index is 1.91. The highest BCUT2D eigenvalue weighted by Crippen LogP contribution is 2.34. The van der Waals surface area contributed by atoms with Crippen LogP contribution in [0.2, 0.25) is 0 Å². The lowest BCUT2D eigenvalue weighted by Gasteiger charge is -2.13. The van der Waals surface area contributed by atoms with E-state index in [0.29, 0.717) is 22.7 Å². The molecule has 0 radical (unpaired) electrons. The molecule has 0 bridgehead atoms. The summed E-state index contributed by atoms with van der Waals surface area (Å²) in [4.78, 5) is 11.9. The molecule has 124 valence electrons. The second-order valence-electron chi connectivity index (χ2n) is 4.66. The molecule has 2 aromatic carbocycles. The van der Waals surface area contributed by atoms with Crippen LogP contribution in [0.1, 0.15) is 5.56 Å². The van der Waals surface area contributed by atoms with Gasteiger partial charge in [0.2, 0.25) is 0 Å². The van der Waals surface area contributed by atoms with Crippen LogP contribution in [0.25, 0.3) is 0 Å². The van der Waals surface area contributed by atoms with Crippen LogP contribution < -0.4 is 20.1 Å². The molecule has 5 nitrogen and oxygen atoms in total. The molecular weight excluding hydrogens is 311 g/mol. The highest BCUT2D eigenvalue weighted by atomic mass is 19.1. The van der Waals surface area contributed by atoms with Gasteiger partial charge in [0.25, 0.3) is 0 Å². The monoisotopic (exact) mass is 328 g/mol. The van der Waals surface area contributed by atoms with Crippen LogP contribution >= 0.6 is 0 Å². The molecule has 0 spiro atoms. The van der Waals surface area contributed by atoms with Gasteiger partial charge in [0.05, 0.1) is 26.5 Å². The van der Waals surface area contributed by atoms with E-state index in [-0.39, 0.29) is 12.4 Å². The Kier molecular flexibility index (Phi) is 6.03. The lowest BCUT2D eigenvalue weighted by Crippen LogP contribution is -2.29. The fourth-order valence-corrected chi connectivity index (χ4v) is 1.96. The largest absolute Gasteiger partial charge is 0.493 e. The molecule has 0 aliphatic rings.